The first-order valence-corrected chi connectivity index (χ1v) is 4.22. The van der Waals surface area contributed by atoms with Crippen LogP contribution in [0.2, 0.25) is 0 Å². The van der Waals surface area contributed by atoms with Gasteiger partial charge < -0.3 is 15.5 Å². The number of aliphatic hydroxyl groups excluding tert-OH is 1. The Kier molecular flexibility index (Phi) is 2.58. The van der Waals surface area contributed by atoms with Crippen molar-refractivity contribution in [3.63, 3.8) is 0 Å². The average molecular weight is 208 g/mol. The normalized spacial score (nSPS) is 41.6. The summed E-state index contributed by atoms with van der Waals surface area (Å²) in [6.07, 6.45) is 2.08. The summed E-state index contributed by atoms with van der Waals surface area (Å²) >= 11 is 0. The first-order valence-electron chi connectivity index (χ1n) is 4.22. The molecule has 1 saturated carbocycles. The molecule has 2 fully saturated rings. The largest absolute Gasteiger partial charge is 0.480 e. The molecule has 0 aromatic carbocycles. The molecule has 0 aromatic heterocycles. The lowest BCUT2D eigenvalue weighted by Gasteiger charge is -2.25. The Bertz CT molecular complexity index is 223. The van der Waals surface area contributed by atoms with Gasteiger partial charge in [0, 0.05) is 18.6 Å². The Morgan fingerprint density at radius 2 is 2.15 bits per heavy atom. The molecule has 3 N–H and O–H groups in total. The van der Waals surface area contributed by atoms with Gasteiger partial charge in [-0.05, 0) is 19.3 Å². The van der Waals surface area contributed by atoms with E-state index in [4.69, 9.17) is 10.2 Å². The third-order valence-corrected chi connectivity index (χ3v) is 3.31. The number of nitrogens with one attached hydrogen (secondary N) is 1. The second-order valence-corrected chi connectivity index (χ2v) is 4.08. The quantitative estimate of drug-likeness (QED) is 0.596. The second-order valence-electron chi connectivity index (χ2n) is 4.08. The molecule has 5 heteroatoms. The highest BCUT2D eigenvalue weighted by molar-refractivity contribution is 5.85. The van der Waals surface area contributed by atoms with Gasteiger partial charge in [-0.25, -0.2) is 0 Å². The second kappa shape index (κ2) is 3.12. The van der Waals surface area contributed by atoms with Gasteiger partial charge in [0.25, 0.3) is 0 Å². The zero-order valence-electron chi connectivity index (χ0n) is 7.25. The Labute approximate surface area is 82.7 Å². The van der Waals surface area contributed by atoms with Crippen molar-refractivity contribution >= 4 is 18.4 Å². The van der Waals surface area contributed by atoms with E-state index in [9.17, 15) is 4.79 Å². The van der Waals surface area contributed by atoms with Gasteiger partial charge in [-0.3, -0.25) is 4.79 Å². The standard InChI is InChI=1S/C8H13NO3.ClH/c10-5-7-1-2-8(3-7,6(11)12)9-4-7;/h9-10H,1-5H2,(H,11,12);1H. The van der Waals surface area contributed by atoms with E-state index in [-0.39, 0.29) is 24.4 Å². The lowest BCUT2D eigenvalue weighted by atomic mass is 9.89. The van der Waals surface area contributed by atoms with Crippen molar-refractivity contribution < 1.29 is 15.0 Å². The summed E-state index contributed by atoms with van der Waals surface area (Å²) in [6, 6.07) is 0. The fourth-order valence-corrected chi connectivity index (χ4v) is 2.40. The third-order valence-electron chi connectivity index (χ3n) is 3.31. The first-order chi connectivity index (χ1) is 5.63. The number of carbonyl (C=O) groups is 1. The van der Waals surface area contributed by atoms with Crippen LogP contribution in [-0.4, -0.2) is 34.9 Å². The molecule has 13 heavy (non-hydrogen) atoms. The van der Waals surface area contributed by atoms with Crippen LogP contribution in [-0.2, 0) is 4.79 Å². The van der Waals surface area contributed by atoms with E-state index in [1.807, 2.05) is 0 Å². The van der Waals surface area contributed by atoms with Crippen molar-refractivity contribution in [3.05, 3.63) is 0 Å². The molecule has 1 aliphatic carbocycles. The van der Waals surface area contributed by atoms with Gasteiger partial charge in [0.2, 0.25) is 0 Å². The summed E-state index contributed by atoms with van der Waals surface area (Å²) in [5.74, 6) is -0.768. The molecule has 0 spiro atoms. The van der Waals surface area contributed by atoms with Crippen LogP contribution >= 0.6 is 12.4 Å². The molecule has 2 rings (SSSR count). The van der Waals surface area contributed by atoms with Crippen LogP contribution < -0.4 is 5.32 Å². The summed E-state index contributed by atoms with van der Waals surface area (Å²) in [6.45, 7) is 0.755. The zero-order valence-corrected chi connectivity index (χ0v) is 8.06. The van der Waals surface area contributed by atoms with E-state index in [1.54, 1.807) is 0 Å². The smallest absolute Gasteiger partial charge is 0.323 e. The minimum Gasteiger partial charge on any atom is -0.480 e. The number of hydrogen-bond donors (Lipinski definition) is 3. The highest BCUT2D eigenvalue weighted by atomic mass is 35.5. The summed E-state index contributed by atoms with van der Waals surface area (Å²) in [5, 5.41) is 21.1. The Balaban J connectivity index is 0.000000845. The van der Waals surface area contributed by atoms with E-state index in [1.165, 1.54) is 0 Å². The molecule has 0 aromatic rings. The Morgan fingerprint density at radius 3 is 2.38 bits per heavy atom. The SMILES string of the molecule is Cl.O=C(O)C12CCC(CO)(CN1)C2. The number of halogens is 1. The maximum atomic E-state index is 10.9. The van der Waals surface area contributed by atoms with Gasteiger partial charge >= 0.3 is 5.97 Å². The van der Waals surface area contributed by atoms with Crippen molar-refractivity contribution in [2.75, 3.05) is 13.2 Å². The molecule has 4 nitrogen and oxygen atoms in total. The predicted molar refractivity (Wildman–Crippen MR) is 49.0 cm³/mol. The summed E-state index contributed by atoms with van der Waals surface area (Å²) in [4.78, 5) is 10.9. The Morgan fingerprint density at radius 1 is 1.46 bits per heavy atom. The molecule has 2 bridgehead atoms. The van der Waals surface area contributed by atoms with Crippen molar-refractivity contribution in [3.8, 4) is 0 Å². The average Bonchev–Trinajstić information content (AvgIpc) is 2.61. The van der Waals surface area contributed by atoms with E-state index in [2.05, 4.69) is 5.32 Å². The monoisotopic (exact) mass is 207 g/mol. The highest BCUT2D eigenvalue weighted by Crippen LogP contribution is 2.48. The third kappa shape index (κ3) is 1.33. The highest BCUT2D eigenvalue weighted by Gasteiger charge is 2.57. The number of rotatable bonds is 2. The lowest BCUT2D eigenvalue weighted by Crippen LogP contribution is -2.47. The van der Waals surface area contributed by atoms with Gasteiger partial charge in [0.15, 0.2) is 0 Å². The molecule has 1 heterocycles. The van der Waals surface area contributed by atoms with Crippen LogP contribution in [0.1, 0.15) is 19.3 Å². The molecule has 2 aliphatic rings. The van der Waals surface area contributed by atoms with E-state index < -0.39 is 11.5 Å². The van der Waals surface area contributed by atoms with E-state index >= 15 is 0 Å². The summed E-state index contributed by atoms with van der Waals surface area (Å²) in [5.41, 5.74) is -0.860. The maximum Gasteiger partial charge on any atom is 0.323 e. The minimum absolute atomic E-state index is 0. The molecule has 0 radical (unpaired) electrons. The number of aliphatic hydroxyl groups is 1. The van der Waals surface area contributed by atoms with Crippen LogP contribution in [0.4, 0.5) is 0 Å². The van der Waals surface area contributed by atoms with Crippen molar-refractivity contribution in [1.82, 2.24) is 5.32 Å². The van der Waals surface area contributed by atoms with E-state index in [0.29, 0.717) is 19.4 Å². The van der Waals surface area contributed by atoms with Crippen molar-refractivity contribution in [1.29, 1.82) is 0 Å². The molecule has 76 valence electrons. The fraction of sp³-hybridized carbons (Fsp3) is 0.875. The lowest BCUT2D eigenvalue weighted by molar-refractivity contribution is -0.144. The molecule has 0 amide bonds. The van der Waals surface area contributed by atoms with Crippen molar-refractivity contribution in [2.24, 2.45) is 5.41 Å². The van der Waals surface area contributed by atoms with Gasteiger partial charge in [0.1, 0.15) is 5.54 Å². The molecular formula is C8H14ClNO3. The van der Waals surface area contributed by atoms with Crippen LogP contribution in [0.3, 0.4) is 0 Å². The van der Waals surface area contributed by atoms with Crippen molar-refractivity contribution in [2.45, 2.75) is 24.8 Å². The predicted octanol–water partition coefficient (Wildman–Crippen LogP) is -0.00260. The van der Waals surface area contributed by atoms with Gasteiger partial charge in [-0.2, -0.15) is 0 Å². The number of fused-ring (bicyclic) bond motifs is 2. The van der Waals surface area contributed by atoms with E-state index in [0.717, 1.165) is 6.42 Å². The molecule has 1 aliphatic heterocycles. The molecular weight excluding hydrogens is 194 g/mol. The molecule has 1 saturated heterocycles. The summed E-state index contributed by atoms with van der Waals surface area (Å²) < 4.78 is 0. The van der Waals surface area contributed by atoms with Gasteiger partial charge in [-0.1, -0.05) is 0 Å². The number of aliphatic carboxylic acids is 1. The molecule has 2 atom stereocenters. The van der Waals surface area contributed by atoms with Crippen LogP contribution in [0.5, 0.6) is 0 Å². The maximum absolute atomic E-state index is 10.9. The number of carboxylic acids is 1. The minimum atomic E-state index is -0.768. The zero-order chi connectivity index (χ0) is 8.82. The number of piperidine rings is 1. The Hall–Kier alpha value is -0.320. The van der Waals surface area contributed by atoms with Crippen LogP contribution in [0.25, 0.3) is 0 Å². The van der Waals surface area contributed by atoms with Crippen LogP contribution in [0.15, 0.2) is 0 Å². The van der Waals surface area contributed by atoms with Gasteiger partial charge in [-0.15, -0.1) is 12.4 Å². The van der Waals surface area contributed by atoms with Gasteiger partial charge in [0.05, 0.1) is 0 Å². The fourth-order valence-electron chi connectivity index (χ4n) is 2.40. The number of carboxylic acid groups (broad SMARTS) is 1. The molecule has 2 unspecified atom stereocenters. The topological polar surface area (TPSA) is 69.6 Å². The first kappa shape index (κ1) is 10.8. The van der Waals surface area contributed by atoms with Crippen LogP contribution in [0, 0.1) is 5.41 Å². The summed E-state index contributed by atoms with van der Waals surface area (Å²) in [7, 11) is 0. The number of hydrogen-bond acceptors (Lipinski definition) is 3.